The average molecular weight is 236 g/mol. The van der Waals surface area contributed by atoms with Gasteiger partial charge < -0.3 is 10.5 Å². The molecule has 0 unspecified atom stereocenters. The first-order chi connectivity index (χ1) is 7.43. The van der Waals surface area contributed by atoms with Crippen molar-refractivity contribution in [3.8, 4) is 0 Å². The summed E-state index contributed by atoms with van der Waals surface area (Å²) in [6, 6.07) is 3.48. The van der Waals surface area contributed by atoms with Crippen LogP contribution in [-0.4, -0.2) is 13.1 Å². The van der Waals surface area contributed by atoms with Gasteiger partial charge in [-0.25, -0.2) is 4.39 Å². The van der Waals surface area contributed by atoms with Gasteiger partial charge in [0.15, 0.2) is 0 Å². The first kappa shape index (κ1) is 10.4. The van der Waals surface area contributed by atoms with Crippen LogP contribution in [0.2, 0.25) is 0 Å². The van der Waals surface area contributed by atoms with Crippen LogP contribution < -0.4 is 5.73 Å². The second-order valence-corrected chi connectivity index (χ2v) is 2.62. The highest BCUT2D eigenvalue weighted by molar-refractivity contribution is 5.85. The Morgan fingerprint density at radius 2 is 2.27 bits per heavy atom. The van der Waals surface area contributed by atoms with E-state index in [1.165, 1.54) is 12.1 Å². The second kappa shape index (κ2) is 6.37. The van der Waals surface area contributed by atoms with Gasteiger partial charge in [-0.3, -0.25) is 4.79 Å². The molecule has 84 valence electrons. The molecule has 0 aromatic heterocycles. The van der Waals surface area contributed by atoms with Crippen LogP contribution >= 0.6 is 12.4 Å². The van der Waals surface area contributed by atoms with E-state index in [9.17, 15) is 9.18 Å². The molecule has 0 saturated carbocycles. The summed E-state index contributed by atoms with van der Waals surface area (Å²) in [6.45, 7) is 0.0200. The summed E-state index contributed by atoms with van der Waals surface area (Å²) >= 11 is 0. The first-order valence-corrected chi connectivity index (χ1v) is 4.01. The molecule has 0 amide bonds. The van der Waals surface area contributed by atoms with E-state index < -0.39 is 18.2 Å². The van der Waals surface area contributed by atoms with Gasteiger partial charge in [-0.15, -0.1) is 12.4 Å². The predicted octanol–water partition coefficient (Wildman–Crippen LogP) is 1.42. The van der Waals surface area contributed by atoms with Gasteiger partial charge in [0.25, 0.3) is 0 Å². The van der Waals surface area contributed by atoms with Crippen LogP contribution in [0.15, 0.2) is 18.2 Å². The van der Waals surface area contributed by atoms with E-state index in [0.717, 1.165) is 13.2 Å². The number of rotatable bonds is 3. The third-order valence-electron chi connectivity index (χ3n) is 1.71. The van der Waals surface area contributed by atoms with Crippen LogP contribution in [0.25, 0.3) is 0 Å². The molecule has 0 bridgehead atoms. The van der Waals surface area contributed by atoms with Gasteiger partial charge in [-0.1, -0.05) is 6.07 Å². The highest BCUT2D eigenvalue weighted by atomic mass is 35.5. The summed E-state index contributed by atoms with van der Waals surface area (Å²) in [5.74, 6) is -1.70. The summed E-state index contributed by atoms with van der Waals surface area (Å²) < 4.78 is 32.5. The number of hydrogen-bond donors (Lipinski definition) is 1. The molecule has 2 N–H and O–H groups in total. The maximum Gasteiger partial charge on any atom is 0.309 e. The van der Waals surface area contributed by atoms with E-state index in [1.807, 2.05) is 0 Å². The molecule has 0 aliphatic heterocycles. The Bertz CT molecular complexity index is 415. The summed E-state index contributed by atoms with van der Waals surface area (Å²) in [4.78, 5) is 11.3. The number of ether oxygens (including phenoxy) is 1. The van der Waals surface area contributed by atoms with Crippen LogP contribution in [0, 0.1) is 5.82 Å². The minimum Gasteiger partial charge on any atom is -0.469 e. The van der Waals surface area contributed by atoms with Crippen LogP contribution in [0.4, 0.5) is 4.39 Å². The fraction of sp³-hybridized carbons (Fsp3) is 0.300. The lowest BCUT2D eigenvalue weighted by atomic mass is 10.0. The van der Waals surface area contributed by atoms with Crippen molar-refractivity contribution in [2.24, 2.45) is 5.73 Å². The van der Waals surface area contributed by atoms with Crippen molar-refractivity contribution in [3.63, 3.8) is 0 Å². The number of benzene rings is 1. The van der Waals surface area contributed by atoms with Crippen molar-refractivity contribution >= 4 is 18.4 Å². The summed E-state index contributed by atoms with van der Waals surface area (Å²) in [7, 11) is 1.07. The molecule has 1 aromatic rings. The van der Waals surface area contributed by atoms with E-state index >= 15 is 0 Å². The molecule has 0 radical (unpaired) electrons. The number of nitrogens with two attached hydrogens (primary N) is 1. The van der Waals surface area contributed by atoms with E-state index in [4.69, 9.17) is 8.48 Å². The van der Waals surface area contributed by atoms with Crippen molar-refractivity contribution in [3.05, 3.63) is 35.1 Å². The lowest BCUT2D eigenvalue weighted by Gasteiger charge is -2.06. The molecule has 0 spiro atoms. The van der Waals surface area contributed by atoms with Gasteiger partial charge in [0.1, 0.15) is 5.82 Å². The van der Waals surface area contributed by atoms with Crippen molar-refractivity contribution in [1.29, 1.82) is 0 Å². The monoisotopic (exact) mass is 235 g/mol. The zero-order chi connectivity index (χ0) is 12.3. The highest BCUT2D eigenvalue weighted by Crippen LogP contribution is 2.12. The average Bonchev–Trinajstić information content (AvgIpc) is 2.27. The highest BCUT2D eigenvalue weighted by Gasteiger charge is 2.08. The maximum absolute atomic E-state index is 13.0. The molecule has 1 aromatic carbocycles. The number of carbonyl (C=O) groups excluding carboxylic acids is 1. The Hall–Kier alpha value is -1.13. The quantitative estimate of drug-likeness (QED) is 0.807. The van der Waals surface area contributed by atoms with Gasteiger partial charge in [0, 0.05) is 9.29 Å². The Balaban J connectivity index is 0.00000256. The summed E-state index contributed by atoms with van der Waals surface area (Å²) in [5.41, 5.74) is 5.67. The fourth-order valence-corrected chi connectivity index (χ4v) is 1.00. The van der Waals surface area contributed by atoms with Crippen molar-refractivity contribution < 1.29 is 16.7 Å². The molecule has 0 fully saturated rings. The van der Waals surface area contributed by atoms with Crippen LogP contribution in [-0.2, 0) is 22.4 Å². The fourth-order valence-electron chi connectivity index (χ4n) is 1.00. The molecule has 15 heavy (non-hydrogen) atoms. The lowest BCUT2D eigenvalue weighted by Crippen LogP contribution is -2.09. The number of halogens is 2. The van der Waals surface area contributed by atoms with E-state index in [1.54, 1.807) is 0 Å². The third kappa shape index (κ3) is 3.85. The predicted molar refractivity (Wildman–Crippen MR) is 57.3 cm³/mol. The second-order valence-electron chi connectivity index (χ2n) is 2.62. The molecule has 5 heteroatoms. The summed E-state index contributed by atoms with van der Waals surface area (Å²) in [6.07, 6.45) is -2.40. The Morgan fingerprint density at radius 3 is 2.80 bits per heavy atom. The Kier molecular flexibility index (Phi) is 4.41. The smallest absolute Gasteiger partial charge is 0.309 e. The Labute approximate surface area is 96.6 Å². The Morgan fingerprint density at radius 1 is 1.60 bits per heavy atom. The zero-order valence-corrected chi connectivity index (χ0v) is 8.94. The third-order valence-corrected chi connectivity index (χ3v) is 1.71. The van der Waals surface area contributed by atoms with E-state index in [-0.39, 0.29) is 24.5 Å². The molecule has 0 aliphatic rings. The first-order valence-electron chi connectivity index (χ1n) is 5.01. The number of esters is 1. The minimum absolute atomic E-state index is 0. The lowest BCUT2D eigenvalue weighted by molar-refractivity contribution is -0.139. The summed E-state index contributed by atoms with van der Waals surface area (Å²) in [5, 5.41) is 0. The van der Waals surface area contributed by atoms with Gasteiger partial charge in [-0.2, -0.15) is 0 Å². The van der Waals surface area contributed by atoms with Gasteiger partial charge in [-0.05, 0) is 23.3 Å². The topological polar surface area (TPSA) is 52.3 Å². The van der Waals surface area contributed by atoms with Crippen LogP contribution in [0.1, 0.15) is 13.9 Å². The largest absolute Gasteiger partial charge is 0.469 e. The van der Waals surface area contributed by atoms with E-state index in [2.05, 4.69) is 4.74 Å². The molecule has 0 atom stereocenters. The SMILES string of the molecule is Cl.[2H]C([2H])(C(=O)OC)c1cc(F)ccc1CN. The minimum atomic E-state index is -2.40. The van der Waals surface area contributed by atoms with Crippen molar-refractivity contribution in [2.75, 3.05) is 7.11 Å². The van der Waals surface area contributed by atoms with Gasteiger partial charge >= 0.3 is 5.97 Å². The standard InChI is InChI=1S/C10H12FNO2.ClH/c1-14-10(13)5-8-4-9(11)3-2-7(8)6-12;/h2-4H,5-6,12H2,1H3;1H/i5D2;. The molecule has 0 saturated heterocycles. The van der Waals surface area contributed by atoms with Gasteiger partial charge in [0.05, 0.1) is 13.5 Å². The molecule has 0 aliphatic carbocycles. The number of methoxy groups -OCH3 is 1. The molecule has 1 rings (SSSR count). The van der Waals surface area contributed by atoms with Crippen molar-refractivity contribution in [1.82, 2.24) is 0 Å². The van der Waals surface area contributed by atoms with Crippen LogP contribution in [0.3, 0.4) is 0 Å². The van der Waals surface area contributed by atoms with E-state index in [0.29, 0.717) is 5.56 Å². The molecule has 0 heterocycles. The number of carbonyl (C=O) groups is 1. The molecule has 3 nitrogen and oxygen atoms in total. The van der Waals surface area contributed by atoms with Gasteiger partial charge in [0.2, 0.25) is 0 Å². The normalized spacial score (nSPS) is 12.2. The van der Waals surface area contributed by atoms with Crippen molar-refractivity contribution in [2.45, 2.75) is 12.9 Å². The maximum atomic E-state index is 13.0. The molecular formula is C10H13ClFNO2. The number of hydrogen-bond acceptors (Lipinski definition) is 3. The molecular weight excluding hydrogens is 221 g/mol. The van der Waals surface area contributed by atoms with Crippen LogP contribution in [0.5, 0.6) is 0 Å². The zero-order valence-electron chi connectivity index (χ0n) is 10.1.